The van der Waals surface area contributed by atoms with E-state index in [1.54, 1.807) is 0 Å². The van der Waals surface area contributed by atoms with E-state index in [4.69, 9.17) is 11.0 Å². The van der Waals surface area contributed by atoms with Crippen molar-refractivity contribution in [1.29, 1.82) is 5.26 Å². The quantitative estimate of drug-likeness (QED) is 0.886. The predicted octanol–water partition coefficient (Wildman–Crippen LogP) is 2.39. The van der Waals surface area contributed by atoms with Gasteiger partial charge in [0.15, 0.2) is 0 Å². The van der Waals surface area contributed by atoms with Gasteiger partial charge in [-0.1, -0.05) is 19.3 Å². The number of nitriles is 1. The first kappa shape index (κ1) is 16.0. The summed E-state index contributed by atoms with van der Waals surface area (Å²) in [4.78, 5) is 11.0. The third-order valence-corrected chi connectivity index (χ3v) is 5.13. The second kappa shape index (κ2) is 7.60. The van der Waals surface area contributed by atoms with Gasteiger partial charge < -0.3 is 16.0 Å². The van der Waals surface area contributed by atoms with Gasteiger partial charge in [0.2, 0.25) is 5.95 Å². The Hall–Kier alpha value is -1.87. The largest absolute Gasteiger partial charge is 0.382 e. The summed E-state index contributed by atoms with van der Waals surface area (Å²) in [7, 11) is 0. The van der Waals surface area contributed by atoms with Crippen molar-refractivity contribution in [3.63, 3.8) is 0 Å². The van der Waals surface area contributed by atoms with Crippen LogP contribution in [0.15, 0.2) is 6.20 Å². The molecule has 0 amide bonds. The number of likely N-dealkylation sites (tertiary alicyclic amines) is 1. The Balaban J connectivity index is 1.51. The molecule has 1 aromatic rings. The Morgan fingerprint density at radius 2 is 2.09 bits per heavy atom. The molecule has 1 saturated carbocycles. The standard InChI is InChI=1S/C17H26N6/c18-9-14-11-21-17(22-16(14)19)20-10-13-5-4-8-23(12-13)15-6-2-1-3-7-15/h11,13,15H,1-8,10,12H2,(H3,19,20,21,22). The summed E-state index contributed by atoms with van der Waals surface area (Å²) < 4.78 is 0. The molecular weight excluding hydrogens is 288 g/mol. The second-order valence-electron chi connectivity index (χ2n) is 6.78. The Morgan fingerprint density at radius 1 is 1.26 bits per heavy atom. The maximum absolute atomic E-state index is 8.86. The number of rotatable bonds is 4. The van der Waals surface area contributed by atoms with Crippen LogP contribution >= 0.6 is 0 Å². The molecule has 0 bridgehead atoms. The van der Waals surface area contributed by atoms with E-state index in [1.807, 2.05) is 6.07 Å². The number of piperidine rings is 1. The van der Waals surface area contributed by atoms with Crippen molar-refractivity contribution in [2.45, 2.75) is 51.0 Å². The van der Waals surface area contributed by atoms with Crippen molar-refractivity contribution in [3.8, 4) is 6.07 Å². The van der Waals surface area contributed by atoms with Crippen LogP contribution in [-0.4, -0.2) is 40.5 Å². The van der Waals surface area contributed by atoms with Crippen LogP contribution in [0.2, 0.25) is 0 Å². The highest BCUT2D eigenvalue weighted by atomic mass is 15.2. The van der Waals surface area contributed by atoms with Crippen LogP contribution in [0.5, 0.6) is 0 Å². The molecule has 0 aromatic carbocycles. The molecule has 3 rings (SSSR count). The Bertz CT molecular complexity index is 561. The predicted molar refractivity (Wildman–Crippen MR) is 90.8 cm³/mol. The van der Waals surface area contributed by atoms with Gasteiger partial charge in [0.1, 0.15) is 17.5 Å². The van der Waals surface area contributed by atoms with Gasteiger partial charge in [-0.2, -0.15) is 10.2 Å². The third kappa shape index (κ3) is 4.11. The molecule has 2 fully saturated rings. The van der Waals surface area contributed by atoms with Crippen molar-refractivity contribution in [2.75, 3.05) is 30.7 Å². The van der Waals surface area contributed by atoms with Crippen molar-refractivity contribution in [3.05, 3.63) is 11.8 Å². The monoisotopic (exact) mass is 314 g/mol. The van der Waals surface area contributed by atoms with E-state index < -0.39 is 0 Å². The molecule has 6 nitrogen and oxygen atoms in total. The minimum atomic E-state index is 0.248. The Morgan fingerprint density at radius 3 is 2.83 bits per heavy atom. The van der Waals surface area contributed by atoms with Crippen LogP contribution in [0.3, 0.4) is 0 Å². The topological polar surface area (TPSA) is 90.9 Å². The lowest BCUT2D eigenvalue weighted by Gasteiger charge is -2.40. The maximum Gasteiger partial charge on any atom is 0.224 e. The molecule has 1 aromatic heterocycles. The van der Waals surface area contributed by atoms with Crippen LogP contribution in [0.25, 0.3) is 0 Å². The SMILES string of the molecule is N#Cc1cnc(NCC2CCCN(C3CCCCC3)C2)nc1N. The van der Waals surface area contributed by atoms with Gasteiger partial charge in [0.05, 0.1) is 6.20 Å². The first-order chi connectivity index (χ1) is 11.3. The zero-order valence-corrected chi connectivity index (χ0v) is 13.7. The summed E-state index contributed by atoms with van der Waals surface area (Å²) in [5, 5.41) is 12.2. The summed E-state index contributed by atoms with van der Waals surface area (Å²) in [6.45, 7) is 3.29. The Labute approximate surface area is 138 Å². The van der Waals surface area contributed by atoms with E-state index in [0.717, 1.165) is 12.6 Å². The van der Waals surface area contributed by atoms with E-state index in [0.29, 0.717) is 17.4 Å². The highest BCUT2D eigenvalue weighted by Gasteiger charge is 2.26. The zero-order chi connectivity index (χ0) is 16.1. The number of nitrogens with one attached hydrogen (secondary N) is 1. The highest BCUT2D eigenvalue weighted by molar-refractivity contribution is 5.49. The average molecular weight is 314 g/mol. The highest BCUT2D eigenvalue weighted by Crippen LogP contribution is 2.27. The minimum Gasteiger partial charge on any atom is -0.382 e. The Kier molecular flexibility index (Phi) is 5.29. The second-order valence-corrected chi connectivity index (χ2v) is 6.78. The molecule has 124 valence electrons. The molecule has 2 aliphatic rings. The molecule has 23 heavy (non-hydrogen) atoms. The molecule has 1 saturated heterocycles. The average Bonchev–Trinajstić information content (AvgIpc) is 2.61. The van der Waals surface area contributed by atoms with Gasteiger partial charge in [0.25, 0.3) is 0 Å². The number of hydrogen-bond acceptors (Lipinski definition) is 6. The molecular formula is C17H26N6. The van der Waals surface area contributed by atoms with E-state index in [-0.39, 0.29) is 5.82 Å². The number of nitrogens with zero attached hydrogens (tertiary/aromatic N) is 4. The van der Waals surface area contributed by atoms with Crippen molar-refractivity contribution in [1.82, 2.24) is 14.9 Å². The van der Waals surface area contributed by atoms with E-state index in [2.05, 4.69) is 20.2 Å². The molecule has 0 spiro atoms. The van der Waals surface area contributed by atoms with E-state index >= 15 is 0 Å². The van der Waals surface area contributed by atoms with Crippen LogP contribution in [0.4, 0.5) is 11.8 Å². The van der Waals surface area contributed by atoms with E-state index in [9.17, 15) is 0 Å². The number of hydrogen-bond donors (Lipinski definition) is 2. The number of nitrogens with two attached hydrogens (primary N) is 1. The molecule has 1 aliphatic heterocycles. The summed E-state index contributed by atoms with van der Waals surface area (Å²) >= 11 is 0. The summed E-state index contributed by atoms with van der Waals surface area (Å²) in [5.74, 6) is 1.40. The molecule has 1 atom stereocenters. The van der Waals surface area contributed by atoms with Crippen LogP contribution in [0.1, 0.15) is 50.5 Å². The minimum absolute atomic E-state index is 0.248. The van der Waals surface area contributed by atoms with Gasteiger partial charge in [-0.15, -0.1) is 0 Å². The molecule has 1 unspecified atom stereocenters. The van der Waals surface area contributed by atoms with Crippen LogP contribution < -0.4 is 11.1 Å². The van der Waals surface area contributed by atoms with Gasteiger partial charge in [-0.05, 0) is 38.1 Å². The summed E-state index contributed by atoms with van der Waals surface area (Å²) in [6.07, 6.45) is 10.9. The molecule has 1 aliphatic carbocycles. The number of nitrogen functional groups attached to an aromatic ring is 1. The van der Waals surface area contributed by atoms with Gasteiger partial charge >= 0.3 is 0 Å². The molecule has 0 radical (unpaired) electrons. The lowest BCUT2D eigenvalue weighted by Crippen LogP contribution is -2.45. The van der Waals surface area contributed by atoms with Crippen molar-refractivity contribution >= 4 is 11.8 Å². The maximum atomic E-state index is 8.86. The summed E-state index contributed by atoms with van der Waals surface area (Å²) in [5.41, 5.74) is 6.07. The number of anilines is 2. The first-order valence-electron chi connectivity index (χ1n) is 8.77. The van der Waals surface area contributed by atoms with Crippen molar-refractivity contribution < 1.29 is 0 Å². The third-order valence-electron chi connectivity index (χ3n) is 5.13. The fourth-order valence-electron chi connectivity index (χ4n) is 3.84. The van der Waals surface area contributed by atoms with Gasteiger partial charge in [0, 0.05) is 19.1 Å². The first-order valence-corrected chi connectivity index (χ1v) is 8.77. The van der Waals surface area contributed by atoms with Gasteiger partial charge in [-0.3, -0.25) is 0 Å². The lowest BCUT2D eigenvalue weighted by molar-refractivity contribution is 0.102. The lowest BCUT2D eigenvalue weighted by atomic mass is 9.90. The summed E-state index contributed by atoms with van der Waals surface area (Å²) in [6, 6.07) is 2.79. The smallest absolute Gasteiger partial charge is 0.224 e. The van der Waals surface area contributed by atoms with Crippen LogP contribution in [0, 0.1) is 17.2 Å². The normalized spacial score (nSPS) is 23.3. The van der Waals surface area contributed by atoms with Crippen molar-refractivity contribution in [2.24, 2.45) is 5.92 Å². The molecule has 3 N–H and O–H groups in total. The molecule has 2 heterocycles. The fraction of sp³-hybridized carbons (Fsp3) is 0.706. The fourth-order valence-corrected chi connectivity index (χ4v) is 3.84. The molecule has 6 heteroatoms. The van der Waals surface area contributed by atoms with E-state index in [1.165, 1.54) is 64.2 Å². The zero-order valence-electron chi connectivity index (χ0n) is 13.7. The van der Waals surface area contributed by atoms with Gasteiger partial charge in [-0.25, -0.2) is 4.98 Å². The number of aromatic nitrogens is 2. The van der Waals surface area contributed by atoms with Crippen LogP contribution in [-0.2, 0) is 0 Å².